The van der Waals surface area contributed by atoms with E-state index in [1.54, 1.807) is 0 Å². The molecule has 1 aromatic heterocycles. The number of para-hydroxylation sites is 1. The molecule has 3 rings (SSSR count). The lowest BCUT2D eigenvalue weighted by Crippen LogP contribution is -2.18. The van der Waals surface area contributed by atoms with Crippen molar-refractivity contribution in [1.82, 2.24) is 10.3 Å². The molecule has 1 heterocycles. The van der Waals surface area contributed by atoms with Gasteiger partial charge in [0, 0.05) is 24.7 Å². The molecular weight excluding hydrogens is 280 g/mol. The molecule has 0 radical (unpaired) electrons. The van der Waals surface area contributed by atoms with Crippen LogP contribution >= 0.6 is 11.6 Å². The summed E-state index contributed by atoms with van der Waals surface area (Å²) in [6, 6.07) is 20.4. The second-order valence-electron chi connectivity index (χ2n) is 5.00. The molecule has 0 bridgehead atoms. The van der Waals surface area contributed by atoms with Crippen LogP contribution in [0.1, 0.15) is 16.5 Å². The van der Waals surface area contributed by atoms with Crippen LogP contribution in [0.5, 0.6) is 0 Å². The number of rotatable bonds is 5. The first-order valence-electron chi connectivity index (χ1n) is 7.07. The zero-order valence-electron chi connectivity index (χ0n) is 11.7. The smallest absolute Gasteiger partial charge is 0.0746 e. The van der Waals surface area contributed by atoms with Crippen molar-refractivity contribution in [2.45, 2.75) is 11.9 Å². The number of hydrogen-bond acceptors (Lipinski definition) is 2. The fraction of sp³-hybridized carbons (Fsp3) is 0.167. The molecule has 3 heteroatoms. The van der Waals surface area contributed by atoms with E-state index in [1.165, 1.54) is 10.9 Å². The van der Waals surface area contributed by atoms with Crippen molar-refractivity contribution in [3.05, 3.63) is 78.0 Å². The number of fused-ring (bicyclic) bond motifs is 1. The third-order valence-corrected chi connectivity index (χ3v) is 3.92. The van der Waals surface area contributed by atoms with Crippen LogP contribution in [0.15, 0.2) is 66.9 Å². The SMILES string of the molecule is ClC(CNCc1cccc2cccnc12)c1ccccc1. The van der Waals surface area contributed by atoms with E-state index < -0.39 is 0 Å². The molecule has 0 saturated carbocycles. The number of pyridine rings is 1. The standard InChI is InChI=1S/C18H17ClN2/c19-17(14-6-2-1-3-7-14)13-20-12-16-9-4-8-15-10-5-11-21-18(15)16/h1-11,17,20H,12-13H2. The lowest BCUT2D eigenvalue weighted by Gasteiger charge is -2.12. The highest BCUT2D eigenvalue weighted by atomic mass is 35.5. The average molecular weight is 297 g/mol. The quantitative estimate of drug-likeness (QED) is 0.710. The zero-order chi connectivity index (χ0) is 14.5. The third-order valence-electron chi connectivity index (χ3n) is 3.52. The van der Waals surface area contributed by atoms with E-state index in [0.29, 0.717) is 0 Å². The summed E-state index contributed by atoms with van der Waals surface area (Å²) in [7, 11) is 0. The lowest BCUT2D eigenvalue weighted by molar-refractivity contribution is 0.676. The summed E-state index contributed by atoms with van der Waals surface area (Å²) >= 11 is 6.41. The minimum Gasteiger partial charge on any atom is -0.311 e. The van der Waals surface area contributed by atoms with Gasteiger partial charge in [-0.2, -0.15) is 0 Å². The molecule has 2 aromatic carbocycles. The fourth-order valence-electron chi connectivity index (χ4n) is 2.42. The van der Waals surface area contributed by atoms with E-state index in [1.807, 2.05) is 30.5 Å². The maximum absolute atomic E-state index is 6.41. The predicted octanol–water partition coefficient (Wildman–Crippen LogP) is 4.30. The third kappa shape index (κ3) is 3.41. The molecule has 0 amide bonds. The first kappa shape index (κ1) is 14.1. The minimum absolute atomic E-state index is 0.0193. The Bertz CT molecular complexity index is 707. The normalized spacial score (nSPS) is 12.4. The van der Waals surface area contributed by atoms with Gasteiger partial charge in [-0.15, -0.1) is 11.6 Å². The van der Waals surface area contributed by atoms with Gasteiger partial charge in [0.15, 0.2) is 0 Å². The van der Waals surface area contributed by atoms with E-state index in [0.717, 1.165) is 24.2 Å². The van der Waals surface area contributed by atoms with Crippen LogP contribution in [-0.4, -0.2) is 11.5 Å². The summed E-state index contributed by atoms with van der Waals surface area (Å²) < 4.78 is 0. The largest absolute Gasteiger partial charge is 0.311 e. The van der Waals surface area contributed by atoms with Gasteiger partial charge in [0.05, 0.1) is 10.9 Å². The molecule has 21 heavy (non-hydrogen) atoms. The molecule has 0 aliphatic carbocycles. The topological polar surface area (TPSA) is 24.9 Å². The number of nitrogens with zero attached hydrogens (tertiary/aromatic N) is 1. The molecule has 0 aliphatic heterocycles. The number of benzene rings is 2. The Morgan fingerprint density at radius 1 is 0.952 bits per heavy atom. The van der Waals surface area contributed by atoms with Crippen molar-refractivity contribution < 1.29 is 0 Å². The molecule has 106 valence electrons. The van der Waals surface area contributed by atoms with Crippen molar-refractivity contribution in [3.8, 4) is 0 Å². The Morgan fingerprint density at radius 3 is 2.62 bits per heavy atom. The number of nitrogens with one attached hydrogen (secondary N) is 1. The van der Waals surface area contributed by atoms with E-state index in [4.69, 9.17) is 11.6 Å². The minimum atomic E-state index is -0.0193. The molecule has 0 saturated heterocycles. The maximum Gasteiger partial charge on any atom is 0.0746 e. The van der Waals surface area contributed by atoms with Gasteiger partial charge in [0.2, 0.25) is 0 Å². The summed E-state index contributed by atoms with van der Waals surface area (Å²) in [4.78, 5) is 4.46. The van der Waals surface area contributed by atoms with Gasteiger partial charge in [-0.3, -0.25) is 4.98 Å². The van der Waals surface area contributed by atoms with Crippen molar-refractivity contribution in [2.75, 3.05) is 6.54 Å². The highest BCUT2D eigenvalue weighted by Gasteiger charge is 2.07. The van der Waals surface area contributed by atoms with Gasteiger partial charge in [0.1, 0.15) is 0 Å². The summed E-state index contributed by atoms with van der Waals surface area (Å²) in [5, 5.41) is 4.57. The second kappa shape index (κ2) is 6.70. The van der Waals surface area contributed by atoms with Crippen LogP contribution < -0.4 is 5.32 Å². The van der Waals surface area contributed by atoms with Gasteiger partial charge in [-0.05, 0) is 17.2 Å². The summed E-state index contributed by atoms with van der Waals surface area (Å²) in [6.07, 6.45) is 1.83. The van der Waals surface area contributed by atoms with E-state index in [-0.39, 0.29) is 5.38 Å². The second-order valence-corrected chi connectivity index (χ2v) is 5.53. The predicted molar refractivity (Wildman–Crippen MR) is 88.5 cm³/mol. The lowest BCUT2D eigenvalue weighted by atomic mass is 10.1. The van der Waals surface area contributed by atoms with Crippen molar-refractivity contribution in [3.63, 3.8) is 0 Å². The van der Waals surface area contributed by atoms with Crippen LogP contribution in [0, 0.1) is 0 Å². The summed E-state index contributed by atoms with van der Waals surface area (Å²) in [6.45, 7) is 1.50. The first-order chi connectivity index (χ1) is 10.3. The first-order valence-corrected chi connectivity index (χ1v) is 7.50. The highest BCUT2D eigenvalue weighted by molar-refractivity contribution is 6.21. The van der Waals surface area contributed by atoms with Crippen molar-refractivity contribution >= 4 is 22.5 Å². The molecule has 1 N–H and O–H groups in total. The van der Waals surface area contributed by atoms with Crippen LogP contribution in [0.4, 0.5) is 0 Å². The molecule has 0 spiro atoms. The van der Waals surface area contributed by atoms with Gasteiger partial charge in [0.25, 0.3) is 0 Å². The molecule has 1 atom stereocenters. The number of halogens is 1. The summed E-state index contributed by atoms with van der Waals surface area (Å²) in [5.74, 6) is 0. The molecule has 1 unspecified atom stereocenters. The van der Waals surface area contributed by atoms with Crippen LogP contribution in [-0.2, 0) is 6.54 Å². The molecular formula is C18H17ClN2. The molecule has 0 aliphatic rings. The average Bonchev–Trinajstić information content (AvgIpc) is 2.56. The Labute approximate surface area is 129 Å². The van der Waals surface area contributed by atoms with Gasteiger partial charge < -0.3 is 5.32 Å². The van der Waals surface area contributed by atoms with Gasteiger partial charge in [-0.25, -0.2) is 0 Å². The maximum atomic E-state index is 6.41. The molecule has 3 aromatic rings. The Hall–Kier alpha value is -1.90. The van der Waals surface area contributed by atoms with Gasteiger partial charge >= 0.3 is 0 Å². The Balaban J connectivity index is 1.65. The van der Waals surface area contributed by atoms with Crippen LogP contribution in [0.25, 0.3) is 10.9 Å². The Kier molecular flexibility index (Phi) is 4.49. The van der Waals surface area contributed by atoms with Crippen molar-refractivity contribution in [1.29, 1.82) is 0 Å². The highest BCUT2D eigenvalue weighted by Crippen LogP contribution is 2.20. The van der Waals surface area contributed by atoms with Crippen LogP contribution in [0.2, 0.25) is 0 Å². The van der Waals surface area contributed by atoms with E-state index in [9.17, 15) is 0 Å². The number of alkyl halides is 1. The van der Waals surface area contributed by atoms with Crippen molar-refractivity contribution in [2.24, 2.45) is 0 Å². The van der Waals surface area contributed by atoms with Crippen LogP contribution in [0.3, 0.4) is 0 Å². The molecule has 2 nitrogen and oxygen atoms in total. The monoisotopic (exact) mass is 296 g/mol. The van der Waals surface area contributed by atoms with E-state index >= 15 is 0 Å². The summed E-state index contributed by atoms with van der Waals surface area (Å²) in [5.41, 5.74) is 3.39. The molecule has 0 fully saturated rings. The Morgan fingerprint density at radius 2 is 1.76 bits per heavy atom. The fourth-order valence-corrected chi connectivity index (χ4v) is 2.68. The zero-order valence-corrected chi connectivity index (χ0v) is 12.4. The van der Waals surface area contributed by atoms with Gasteiger partial charge in [-0.1, -0.05) is 54.6 Å². The number of aromatic nitrogens is 1. The van der Waals surface area contributed by atoms with E-state index in [2.05, 4.69) is 46.7 Å². The number of hydrogen-bond donors (Lipinski definition) is 1.